The first kappa shape index (κ1) is 11.3. The van der Waals surface area contributed by atoms with Gasteiger partial charge in [-0.3, -0.25) is 0 Å². The zero-order valence-corrected chi connectivity index (χ0v) is 9.60. The third-order valence-corrected chi connectivity index (χ3v) is 2.46. The van der Waals surface area contributed by atoms with Crippen LogP contribution in [0.2, 0.25) is 10.3 Å². The second-order valence-corrected chi connectivity index (χ2v) is 3.41. The molecule has 1 aromatic rings. The van der Waals surface area contributed by atoms with Gasteiger partial charge in [0, 0.05) is 13.1 Å². The molecule has 0 atom stereocenters. The maximum atomic E-state index is 5.79. The number of nitrogen functional groups attached to an aromatic ring is 1. The highest BCUT2D eigenvalue weighted by Crippen LogP contribution is 2.25. The molecule has 14 heavy (non-hydrogen) atoms. The highest BCUT2D eigenvalue weighted by Gasteiger charge is 2.11. The highest BCUT2D eigenvalue weighted by atomic mass is 35.5. The number of nitrogens with zero attached hydrogens (tertiary/aromatic N) is 3. The van der Waals surface area contributed by atoms with Crippen molar-refractivity contribution in [3.63, 3.8) is 0 Å². The van der Waals surface area contributed by atoms with E-state index in [0.29, 0.717) is 5.95 Å². The molecule has 6 heteroatoms. The van der Waals surface area contributed by atoms with E-state index in [2.05, 4.69) is 9.97 Å². The summed E-state index contributed by atoms with van der Waals surface area (Å²) in [7, 11) is 0. The van der Waals surface area contributed by atoms with Crippen LogP contribution in [0.5, 0.6) is 0 Å². The van der Waals surface area contributed by atoms with Gasteiger partial charge >= 0.3 is 0 Å². The van der Waals surface area contributed by atoms with Crippen LogP contribution in [0.1, 0.15) is 13.8 Å². The van der Waals surface area contributed by atoms with Gasteiger partial charge in [-0.1, -0.05) is 23.2 Å². The molecule has 1 rings (SSSR count). The molecule has 4 nitrogen and oxygen atoms in total. The molecule has 2 N–H and O–H groups in total. The predicted octanol–water partition coefficient (Wildman–Crippen LogP) is 2.21. The van der Waals surface area contributed by atoms with Crippen LogP contribution >= 0.6 is 23.2 Å². The van der Waals surface area contributed by atoms with E-state index in [1.807, 2.05) is 18.7 Å². The van der Waals surface area contributed by atoms with Gasteiger partial charge in [-0.2, -0.15) is 9.97 Å². The number of halogens is 2. The Morgan fingerprint density at radius 3 is 1.93 bits per heavy atom. The van der Waals surface area contributed by atoms with Crippen LogP contribution in [0.4, 0.5) is 11.6 Å². The van der Waals surface area contributed by atoms with Crippen LogP contribution < -0.4 is 10.6 Å². The fourth-order valence-electron chi connectivity index (χ4n) is 1.05. The lowest BCUT2D eigenvalue weighted by Gasteiger charge is -2.18. The van der Waals surface area contributed by atoms with Gasteiger partial charge in [0.15, 0.2) is 10.3 Å². The van der Waals surface area contributed by atoms with Crippen molar-refractivity contribution in [2.75, 3.05) is 23.7 Å². The van der Waals surface area contributed by atoms with Gasteiger partial charge in [-0.25, -0.2) is 0 Å². The van der Waals surface area contributed by atoms with Crippen molar-refractivity contribution in [1.29, 1.82) is 0 Å². The Labute approximate surface area is 93.0 Å². The van der Waals surface area contributed by atoms with Crippen LogP contribution in [0.25, 0.3) is 0 Å². The van der Waals surface area contributed by atoms with Crippen molar-refractivity contribution in [3.8, 4) is 0 Å². The first-order valence-electron chi connectivity index (χ1n) is 4.33. The molecule has 0 saturated carbocycles. The number of rotatable bonds is 3. The van der Waals surface area contributed by atoms with Crippen LogP contribution in [-0.4, -0.2) is 23.1 Å². The molecular formula is C8H12Cl2N4. The minimum absolute atomic E-state index is 0.201. The molecule has 0 spiro atoms. The van der Waals surface area contributed by atoms with E-state index >= 15 is 0 Å². The molecule has 0 unspecified atom stereocenters. The zero-order valence-electron chi connectivity index (χ0n) is 8.09. The Morgan fingerprint density at radius 1 is 1.14 bits per heavy atom. The largest absolute Gasteiger partial charge is 0.394 e. The summed E-state index contributed by atoms with van der Waals surface area (Å²) in [5, 5.41) is 0.402. The molecular weight excluding hydrogens is 223 g/mol. The third kappa shape index (κ3) is 2.19. The molecule has 1 aromatic heterocycles. The number of anilines is 2. The monoisotopic (exact) mass is 234 g/mol. The molecule has 0 aliphatic rings. The predicted molar refractivity (Wildman–Crippen MR) is 60.0 cm³/mol. The second-order valence-electron chi connectivity index (χ2n) is 2.69. The third-order valence-electron chi connectivity index (χ3n) is 1.89. The van der Waals surface area contributed by atoms with Gasteiger partial charge in [-0.15, -0.1) is 0 Å². The minimum atomic E-state index is 0.201. The number of hydrogen-bond acceptors (Lipinski definition) is 4. The van der Waals surface area contributed by atoms with Crippen molar-refractivity contribution in [3.05, 3.63) is 10.3 Å². The van der Waals surface area contributed by atoms with Crippen molar-refractivity contribution in [2.45, 2.75) is 13.8 Å². The van der Waals surface area contributed by atoms with Crippen LogP contribution in [0.3, 0.4) is 0 Å². The Balaban J connectivity index is 3.11. The van der Waals surface area contributed by atoms with E-state index in [-0.39, 0.29) is 16.0 Å². The topological polar surface area (TPSA) is 55.0 Å². The molecule has 0 saturated heterocycles. The lowest BCUT2D eigenvalue weighted by atomic mass is 10.5. The molecule has 0 aliphatic carbocycles. The van der Waals surface area contributed by atoms with E-state index in [0.717, 1.165) is 13.1 Å². The SMILES string of the molecule is CCN(CC)c1nc(Cl)c(N)c(Cl)n1. The van der Waals surface area contributed by atoms with Crippen molar-refractivity contribution in [2.24, 2.45) is 0 Å². The molecule has 78 valence electrons. The van der Waals surface area contributed by atoms with Gasteiger partial charge in [0.25, 0.3) is 0 Å². The van der Waals surface area contributed by atoms with Gasteiger partial charge in [0.2, 0.25) is 5.95 Å². The van der Waals surface area contributed by atoms with E-state index in [9.17, 15) is 0 Å². The summed E-state index contributed by atoms with van der Waals surface area (Å²) in [4.78, 5) is 10.0. The van der Waals surface area contributed by atoms with Crippen molar-refractivity contribution >= 4 is 34.8 Å². The first-order chi connectivity index (χ1) is 6.60. The van der Waals surface area contributed by atoms with Gasteiger partial charge in [0.1, 0.15) is 5.69 Å². The van der Waals surface area contributed by atoms with Crippen LogP contribution in [0, 0.1) is 0 Å². The summed E-state index contributed by atoms with van der Waals surface area (Å²) >= 11 is 11.6. The van der Waals surface area contributed by atoms with Crippen LogP contribution in [-0.2, 0) is 0 Å². The summed E-state index contributed by atoms with van der Waals surface area (Å²) in [5.74, 6) is 0.513. The molecule has 0 aliphatic heterocycles. The maximum absolute atomic E-state index is 5.79. The number of aromatic nitrogens is 2. The van der Waals surface area contributed by atoms with Gasteiger partial charge < -0.3 is 10.6 Å². The summed E-state index contributed by atoms with van der Waals surface area (Å²) in [6.45, 7) is 5.61. The van der Waals surface area contributed by atoms with E-state index in [1.165, 1.54) is 0 Å². The van der Waals surface area contributed by atoms with Crippen molar-refractivity contribution < 1.29 is 0 Å². The Kier molecular flexibility index (Phi) is 3.77. The first-order valence-corrected chi connectivity index (χ1v) is 5.09. The van der Waals surface area contributed by atoms with E-state index in [1.54, 1.807) is 0 Å². The summed E-state index contributed by atoms with van der Waals surface area (Å²) in [6, 6.07) is 0. The highest BCUT2D eigenvalue weighted by molar-refractivity contribution is 6.37. The lowest BCUT2D eigenvalue weighted by Crippen LogP contribution is -2.24. The molecule has 0 fully saturated rings. The molecule has 1 heterocycles. The zero-order chi connectivity index (χ0) is 10.7. The average Bonchev–Trinajstić information content (AvgIpc) is 2.16. The normalized spacial score (nSPS) is 10.3. The molecule has 0 radical (unpaired) electrons. The maximum Gasteiger partial charge on any atom is 0.228 e. The molecule has 0 amide bonds. The lowest BCUT2D eigenvalue weighted by molar-refractivity contribution is 0.822. The smallest absolute Gasteiger partial charge is 0.228 e. The standard InChI is InChI=1S/C8H12Cl2N4/c1-3-14(4-2)8-12-6(9)5(11)7(10)13-8/h3-4,11H2,1-2H3. The second kappa shape index (κ2) is 4.66. The van der Waals surface area contributed by atoms with E-state index < -0.39 is 0 Å². The van der Waals surface area contributed by atoms with Crippen LogP contribution in [0.15, 0.2) is 0 Å². The summed E-state index contributed by atoms with van der Waals surface area (Å²) < 4.78 is 0. The number of hydrogen-bond donors (Lipinski definition) is 1. The van der Waals surface area contributed by atoms with E-state index in [4.69, 9.17) is 28.9 Å². The summed E-state index contributed by atoms with van der Waals surface area (Å²) in [6.07, 6.45) is 0. The molecule has 0 bridgehead atoms. The average molecular weight is 235 g/mol. The molecule has 0 aromatic carbocycles. The Hall–Kier alpha value is -0.740. The Morgan fingerprint density at radius 2 is 1.57 bits per heavy atom. The fraction of sp³-hybridized carbons (Fsp3) is 0.500. The minimum Gasteiger partial charge on any atom is -0.394 e. The number of nitrogens with two attached hydrogens (primary N) is 1. The van der Waals surface area contributed by atoms with Gasteiger partial charge in [0.05, 0.1) is 0 Å². The Bertz CT molecular complexity index is 302. The fourth-order valence-corrected chi connectivity index (χ4v) is 1.43. The summed E-state index contributed by atoms with van der Waals surface area (Å²) in [5.41, 5.74) is 5.75. The quantitative estimate of drug-likeness (QED) is 0.816. The van der Waals surface area contributed by atoms with Crippen molar-refractivity contribution in [1.82, 2.24) is 9.97 Å². The van der Waals surface area contributed by atoms with Gasteiger partial charge in [-0.05, 0) is 13.8 Å².